The molecule has 0 aliphatic heterocycles. The molecule has 13 heteroatoms. The molecule has 0 saturated heterocycles. The van der Waals surface area contributed by atoms with Crippen molar-refractivity contribution >= 4 is 28.4 Å². The molecule has 3 aromatic heterocycles. The number of fused-ring (bicyclic) bond motifs is 1. The van der Waals surface area contributed by atoms with Crippen LogP contribution in [0.25, 0.3) is 10.9 Å². The van der Waals surface area contributed by atoms with Gasteiger partial charge in [-0.05, 0) is 24.6 Å². The van der Waals surface area contributed by atoms with Gasteiger partial charge < -0.3 is 15.2 Å². The maximum absolute atomic E-state index is 13.0. The van der Waals surface area contributed by atoms with Crippen molar-refractivity contribution in [3.63, 3.8) is 0 Å². The standard InChI is InChI=1S/C20H20ClF4N5O3/c1-11(31)6-27-17(32)5-16-13-9-30(29-15(13)2-3-26-16)8-12-4-14(21)18(28-7-12)33-10-20(24,25)19(22)23/h2-4,7,9,11,19,31H,5-6,8,10H2,1H3,(H,27,32)/t11-/m1/s1. The number of nitrogens with one attached hydrogen (secondary N) is 1. The Hall–Kier alpha value is -2.99. The van der Waals surface area contributed by atoms with Crippen LogP contribution in [0.2, 0.25) is 5.02 Å². The number of amides is 1. The van der Waals surface area contributed by atoms with E-state index in [1.165, 1.54) is 18.5 Å². The molecule has 178 valence electrons. The van der Waals surface area contributed by atoms with Crippen LogP contribution in [0.1, 0.15) is 18.2 Å². The Bertz CT molecular complexity index is 1130. The molecule has 3 heterocycles. The highest BCUT2D eigenvalue weighted by atomic mass is 35.5. The van der Waals surface area contributed by atoms with E-state index in [2.05, 4.69) is 25.1 Å². The number of alkyl halides is 4. The number of carbonyl (C=O) groups is 1. The highest BCUT2D eigenvalue weighted by Gasteiger charge is 2.42. The Balaban J connectivity index is 1.71. The van der Waals surface area contributed by atoms with Crippen LogP contribution in [0.5, 0.6) is 5.88 Å². The van der Waals surface area contributed by atoms with Crippen LogP contribution in [-0.4, -0.2) is 62.4 Å². The predicted molar refractivity (Wildman–Crippen MR) is 111 cm³/mol. The smallest absolute Gasteiger partial charge is 0.340 e. The van der Waals surface area contributed by atoms with Gasteiger partial charge >= 0.3 is 12.3 Å². The zero-order chi connectivity index (χ0) is 24.2. The van der Waals surface area contributed by atoms with Gasteiger partial charge in [0.2, 0.25) is 11.8 Å². The van der Waals surface area contributed by atoms with Crippen LogP contribution in [0.4, 0.5) is 17.6 Å². The SMILES string of the molecule is C[C@@H](O)CNC(=O)Cc1nccc2nn(Cc3cnc(OCC(F)(F)C(F)F)c(Cl)c3)cc12. The summed E-state index contributed by atoms with van der Waals surface area (Å²) in [6, 6.07) is 3.08. The van der Waals surface area contributed by atoms with E-state index in [1.807, 2.05) is 0 Å². The van der Waals surface area contributed by atoms with E-state index in [1.54, 1.807) is 23.9 Å². The predicted octanol–water partition coefficient (Wildman–Crippen LogP) is 2.85. The van der Waals surface area contributed by atoms with Crippen LogP contribution in [0.15, 0.2) is 30.7 Å². The zero-order valence-electron chi connectivity index (χ0n) is 17.3. The lowest BCUT2D eigenvalue weighted by Crippen LogP contribution is -2.34. The monoisotopic (exact) mass is 489 g/mol. The molecule has 0 aliphatic rings. The van der Waals surface area contributed by atoms with Crippen molar-refractivity contribution in [2.24, 2.45) is 0 Å². The van der Waals surface area contributed by atoms with E-state index in [0.29, 0.717) is 22.2 Å². The molecule has 33 heavy (non-hydrogen) atoms. The molecule has 2 N–H and O–H groups in total. The molecule has 0 bridgehead atoms. The number of aliphatic hydroxyl groups is 1. The fourth-order valence-electron chi connectivity index (χ4n) is 2.82. The fraction of sp³-hybridized carbons (Fsp3) is 0.400. The highest BCUT2D eigenvalue weighted by molar-refractivity contribution is 6.31. The van der Waals surface area contributed by atoms with E-state index < -0.39 is 25.1 Å². The van der Waals surface area contributed by atoms with Gasteiger partial charge in [-0.25, -0.2) is 13.8 Å². The van der Waals surface area contributed by atoms with Crippen LogP contribution >= 0.6 is 11.6 Å². The van der Waals surface area contributed by atoms with Gasteiger partial charge in [0.25, 0.3) is 0 Å². The second kappa shape index (κ2) is 10.3. The molecule has 8 nitrogen and oxygen atoms in total. The second-order valence-electron chi connectivity index (χ2n) is 7.33. The second-order valence-corrected chi connectivity index (χ2v) is 7.74. The number of rotatable bonds is 10. The number of carbonyl (C=O) groups excluding carboxylic acids is 1. The first-order valence-electron chi connectivity index (χ1n) is 9.74. The third-order valence-electron chi connectivity index (χ3n) is 4.42. The fourth-order valence-corrected chi connectivity index (χ4v) is 3.06. The van der Waals surface area contributed by atoms with E-state index >= 15 is 0 Å². The van der Waals surface area contributed by atoms with Crippen molar-refractivity contribution in [3.8, 4) is 5.88 Å². The zero-order valence-corrected chi connectivity index (χ0v) is 18.1. The molecule has 0 spiro atoms. The Morgan fingerprint density at radius 2 is 2.12 bits per heavy atom. The largest absolute Gasteiger partial charge is 0.470 e. The average Bonchev–Trinajstić information content (AvgIpc) is 3.15. The van der Waals surface area contributed by atoms with Crippen molar-refractivity contribution in [3.05, 3.63) is 47.0 Å². The number of hydrogen-bond donors (Lipinski definition) is 2. The van der Waals surface area contributed by atoms with Gasteiger partial charge in [0.15, 0.2) is 6.61 Å². The van der Waals surface area contributed by atoms with Gasteiger partial charge in [0.05, 0.1) is 30.3 Å². The van der Waals surface area contributed by atoms with E-state index in [9.17, 15) is 27.5 Å². The first-order chi connectivity index (χ1) is 15.5. The van der Waals surface area contributed by atoms with Gasteiger partial charge in [0, 0.05) is 30.5 Å². The van der Waals surface area contributed by atoms with Crippen LogP contribution in [0, 0.1) is 0 Å². The molecule has 0 aromatic carbocycles. The minimum atomic E-state index is -4.32. The third-order valence-corrected chi connectivity index (χ3v) is 4.69. The molecule has 3 rings (SSSR count). The molecule has 0 aliphatic carbocycles. The molecular formula is C20H20ClF4N5O3. The van der Waals surface area contributed by atoms with Gasteiger partial charge in [-0.15, -0.1) is 0 Å². The number of nitrogens with zero attached hydrogens (tertiary/aromatic N) is 4. The molecule has 1 amide bonds. The molecular weight excluding hydrogens is 470 g/mol. The normalized spacial score (nSPS) is 12.8. The lowest BCUT2D eigenvalue weighted by atomic mass is 10.2. The molecule has 1 atom stereocenters. The molecule has 3 aromatic rings. The van der Waals surface area contributed by atoms with E-state index in [4.69, 9.17) is 11.6 Å². The summed E-state index contributed by atoms with van der Waals surface area (Å²) in [7, 11) is 0. The molecule has 0 radical (unpaired) electrons. The van der Waals surface area contributed by atoms with E-state index in [-0.39, 0.29) is 36.3 Å². The maximum Gasteiger partial charge on any atom is 0.340 e. The van der Waals surface area contributed by atoms with Gasteiger partial charge in [-0.2, -0.15) is 13.9 Å². The Kier molecular flexibility index (Phi) is 7.69. The number of pyridine rings is 2. The minimum absolute atomic E-state index is 0.00156. The summed E-state index contributed by atoms with van der Waals surface area (Å²) >= 11 is 6.00. The summed E-state index contributed by atoms with van der Waals surface area (Å²) < 4.78 is 56.7. The summed E-state index contributed by atoms with van der Waals surface area (Å²) in [6.45, 7) is 0.327. The first kappa shape index (κ1) is 24.6. The van der Waals surface area contributed by atoms with Crippen LogP contribution in [0.3, 0.4) is 0 Å². The van der Waals surface area contributed by atoms with Crippen molar-refractivity contribution in [2.75, 3.05) is 13.2 Å². The van der Waals surface area contributed by atoms with Crippen molar-refractivity contribution < 1.29 is 32.2 Å². The van der Waals surface area contributed by atoms with Crippen molar-refractivity contribution in [1.82, 2.24) is 25.1 Å². The number of aliphatic hydroxyl groups excluding tert-OH is 1. The number of ether oxygens (including phenoxy) is 1. The molecule has 0 saturated carbocycles. The average molecular weight is 490 g/mol. The van der Waals surface area contributed by atoms with Gasteiger partial charge in [-0.1, -0.05) is 11.6 Å². The highest BCUT2D eigenvalue weighted by Crippen LogP contribution is 2.28. The van der Waals surface area contributed by atoms with E-state index in [0.717, 1.165) is 0 Å². The summed E-state index contributed by atoms with van der Waals surface area (Å²) in [5.74, 6) is -5.01. The third kappa shape index (κ3) is 6.51. The molecule has 0 fully saturated rings. The molecule has 0 unspecified atom stereocenters. The summed E-state index contributed by atoms with van der Waals surface area (Å²) in [4.78, 5) is 20.1. The van der Waals surface area contributed by atoms with Crippen molar-refractivity contribution in [2.45, 2.75) is 38.3 Å². The minimum Gasteiger partial charge on any atom is -0.470 e. The quantitative estimate of drug-likeness (QED) is 0.425. The summed E-state index contributed by atoms with van der Waals surface area (Å²) in [5, 5.41) is 16.8. The Labute approximate surface area is 190 Å². The van der Waals surface area contributed by atoms with Crippen LogP contribution < -0.4 is 10.1 Å². The Morgan fingerprint density at radius 3 is 2.79 bits per heavy atom. The lowest BCUT2D eigenvalue weighted by Gasteiger charge is -2.16. The van der Waals surface area contributed by atoms with Crippen molar-refractivity contribution in [1.29, 1.82) is 0 Å². The number of aromatic nitrogens is 4. The first-order valence-corrected chi connectivity index (χ1v) is 10.1. The summed E-state index contributed by atoms with van der Waals surface area (Å²) in [6.07, 6.45) is -0.0286. The van der Waals surface area contributed by atoms with Crippen LogP contribution in [-0.2, 0) is 17.8 Å². The number of hydrogen-bond acceptors (Lipinski definition) is 6. The topological polar surface area (TPSA) is 102 Å². The lowest BCUT2D eigenvalue weighted by molar-refractivity contribution is -0.148. The summed E-state index contributed by atoms with van der Waals surface area (Å²) in [5.41, 5.74) is 1.64. The number of halogens is 5. The Morgan fingerprint density at radius 1 is 1.36 bits per heavy atom. The maximum atomic E-state index is 13.0. The van der Waals surface area contributed by atoms with Gasteiger partial charge in [0.1, 0.15) is 5.02 Å². The van der Waals surface area contributed by atoms with Gasteiger partial charge in [-0.3, -0.25) is 14.5 Å².